The van der Waals surface area contributed by atoms with Crippen LogP contribution in [0.2, 0.25) is 0 Å². The molecule has 0 aromatic carbocycles. The van der Waals surface area contributed by atoms with Crippen molar-refractivity contribution in [1.82, 2.24) is 14.5 Å². The average Bonchev–Trinajstić information content (AvgIpc) is 3.42. The number of nitroso groups, excluding NO2 is 1. The smallest absolute Gasteiger partial charge is 0.270 e. The largest absolute Gasteiger partial charge is 0.488 e. The van der Waals surface area contributed by atoms with Crippen molar-refractivity contribution in [3.63, 3.8) is 0 Å². The molecule has 10 nitrogen and oxygen atoms in total. The molecule has 30 heavy (non-hydrogen) atoms. The highest BCUT2D eigenvalue weighted by Gasteiger charge is 2.28. The quantitative estimate of drug-likeness (QED) is 0.596. The highest BCUT2D eigenvalue weighted by atomic mass is 16.5. The summed E-state index contributed by atoms with van der Waals surface area (Å²) in [6.45, 7) is 5.65. The van der Waals surface area contributed by atoms with E-state index < -0.39 is 5.66 Å². The number of hydrogen-bond acceptors (Lipinski definition) is 7. The minimum Gasteiger partial charge on any atom is -0.488 e. The van der Waals surface area contributed by atoms with Crippen molar-refractivity contribution in [3.8, 4) is 5.75 Å². The van der Waals surface area contributed by atoms with Gasteiger partial charge in [0.2, 0.25) is 6.41 Å². The van der Waals surface area contributed by atoms with Crippen molar-refractivity contribution in [1.29, 1.82) is 0 Å². The van der Waals surface area contributed by atoms with E-state index in [0.29, 0.717) is 42.3 Å². The number of fused-ring (bicyclic) bond motifs is 1. The third-order valence-corrected chi connectivity index (χ3v) is 5.21. The van der Waals surface area contributed by atoms with Gasteiger partial charge in [-0.2, -0.15) is 0 Å². The van der Waals surface area contributed by atoms with E-state index in [1.165, 1.54) is 4.57 Å². The van der Waals surface area contributed by atoms with Gasteiger partial charge in [-0.3, -0.25) is 14.2 Å². The Morgan fingerprint density at radius 1 is 1.23 bits per heavy atom. The molecule has 4 rings (SSSR count). The van der Waals surface area contributed by atoms with Gasteiger partial charge in [-0.05, 0) is 37.9 Å². The molecule has 1 amide bonds. The van der Waals surface area contributed by atoms with E-state index in [4.69, 9.17) is 4.74 Å². The Morgan fingerprint density at radius 3 is 2.70 bits per heavy atom. The number of nitrogens with one attached hydrogen (secondary N) is 1. The Kier molecular flexibility index (Phi) is 5.15. The first-order chi connectivity index (χ1) is 14.4. The number of carbonyl (C=O) groups excluding carboxylic acids is 2. The van der Waals surface area contributed by atoms with Crippen LogP contribution < -0.4 is 15.1 Å². The maximum atomic E-state index is 12.8. The van der Waals surface area contributed by atoms with Crippen LogP contribution in [0.1, 0.15) is 37.2 Å². The SMILES string of the molecule is CC(C)(N=O)/N=c1/cc(N2CCOc3cc(C(=O)N4CCCC4)[nH]c32)ccn1C=O. The summed E-state index contributed by atoms with van der Waals surface area (Å²) in [4.78, 5) is 46.5. The number of hydrogen-bond donors (Lipinski definition) is 1. The summed E-state index contributed by atoms with van der Waals surface area (Å²) in [5, 5.41) is 3.00. The van der Waals surface area contributed by atoms with Gasteiger partial charge in [0, 0.05) is 37.1 Å². The lowest BCUT2D eigenvalue weighted by Crippen LogP contribution is -2.31. The molecule has 2 aliphatic heterocycles. The number of anilines is 2. The number of amides is 1. The van der Waals surface area contributed by atoms with Crippen LogP contribution >= 0.6 is 0 Å². The molecule has 0 aliphatic carbocycles. The van der Waals surface area contributed by atoms with Crippen LogP contribution in [-0.2, 0) is 4.79 Å². The third-order valence-electron chi connectivity index (χ3n) is 5.21. The Labute approximate surface area is 173 Å². The normalized spacial score (nSPS) is 16.9. The second-order valence-electron chi connectivity index (χ2n) is 7.85. The Hall–Kier alpha value is -3.43. The second kappa shape index (κ2) is 7.77. The molecule has 2 aliphatic rings. The van der Waals surface area contributed by atoms with Crippen LogP contribution in [0.25, 0.3) is 0 Å². The molecule has 158 valence electrons. The number of ether oxygens (including phenoxy) is 1. The van der Waals surface area contributed by atoms with Crippen LogP contribution in [0, 0.1) is 4.91 Å². The van der Waals surface area contributed by atoms with Crippen molar-refractivity contribution >= 4 is 23.8 Å². The molecule has 1 N–H and O–H groups in total. The molecule has 2 aromatic heterocycles. The zero-order valence-corrected chi connectivity index (χ0v) is 17.0. The molecule has 10 heteroatoms. The Balaban J connectivity index is 1.72. The van der Waals surface area contributed by atoms with E-state index in [1.54, 1.807) is 38.2 Å². The summed E-state index contributed by atoms with van der Waals surface area (Å²) in [5.41, 5.74) is 0.338. The van der Waals surface area contributed by atoms with Gasteiger partial charge in [-0.1, -0.05) is 0 Å². The predicted molar refractivity (Wildman–Crippen MR) is 110 cm³/mol. The molecule has 0 bridgehead atoms. The molecular formula is C20H24N6O4. The number of carbonyl (C=O) groups is 2. The molecule has 1 fully saturated rings. The molecular weight excluding hydrogens is 388 g/mol. The lowest BCUT2D eigenvalue weighted by molar-refractivity contribution is 0.0787. The van der Waals surface area contributed by atoms with Gasteiger partial charge in [-0.15, -0.1) is 4.91 Å². The molecule has 0 saturated carbocycles. The average molecular weight is 412 g/mol. The lowest BCUT2D eigenvalue weighted by Gasteiger charge is -2.29. The molecule has 0 unspecified atom stereocenters. The summed E-state index contributed by atoms with van der Waals surface area (Å²) >= 11 is 0. The van der Waals surface area contributed by atoms with E-state index >= 15 is 0 Å². The molecule has 4 heterocycles. The van der Waals surface area contributed by atoms with E-state index in [2.05, 4.69) is 15.2 Å². The third kappa shape index (κ3) is 3.72. The van der Waals surface area contributed by atoms with Gasteiger partial charge in [0.1, 0.15) is 17.8 Å². The molecule has 0 atom stereocenters. The van der Waals surface area contributed by atoms with Crippen molar-refractivity contribution in [2.45, 2.75) is 32.4 Å². The fourth-order valence-electron chi connectivity index (χ4n) is 3.69. The number of aromatic amines is 1. The number of aromatic nitrogens is 2. The number of nitrogens with zero attached hydrogens (tertiary/aromatic N) is 5. The zero-order chi connectivity index (χ0) is 21.3. The standard InChI is InChI=1S/C20H24N6O4/c1-20(2,23-29)22-17-11-14(5-8-25(17)13-27)26-9-10-30-16-12-15(21-18(16)26)19(28)24-6-3-4-7-24/h5,8,11-13,21H,3-4,6-7,9-10H2,1-2H3/b22-17-. The first-order valence-corrected chi connectivity index (χ1v) is 9.92. The first-order valence-electron chi connectivity index (χ1n) is 9.92. The van der Waals surface area contributed by atoms with Gasteiger partial charge >= 0.3 is 0 Å². The summed E-state index contributed by atoms with van der Waals surface area (Å²) in [6.07, 6.45) is 4.24. The van der Waals surface area contributed by atoms with Crippen LogP contribution in [0.4, 0.5) is 11.5 Å². The minimum atomic E-state index is -1.21. The summed E-state index contributed by atoms with van der Waals surface area (Å²) < 4.78 is 7.04. The number of likely N-dealkylation sites (tertiary alicyclic amines) is 1. The molecule has 0 spiro atoms. The second-order valence-corrected chi connectivity index (χ2v) is 7.85. The predicted octanol–water partition coefficient (Wildman–Crippen LogP) is 2.02. The highest BCUT2D eigenvalue weighted by molar-refractivity contribution is 5.94. The van der Waals surface area contributed by atoms with Gasteiger partial charge in [0.15, 0.2) is 17.2 Å². The van der Waals surface area contributed by atoms with Gasteiger partial charge in [0.05, 0.1) is 6.54 Å². The van der Waals surface area contributed by atoms with Crippen molar-refractivity contribution in [2.24, 2.45) is 10.2 Å². The summed E-state index contributed by atoms with van der Waals surface area (Å²) in [7, 11) is 0. The van der Waals surface area contributed by atoms with E-state index in [-0.39, 0.29) is 5.91 Å². The first kappa shape index (κ1) is 19.9. The Morgan fingerprint density at radius 2 is 2.00 bits per heavy atom. The highest BCUT2D eigenvalue weighted by Crippen LogP contribution is 2.36. The van der Waals surface area contributed by atoms with Crippen molar-refractivity contribution < 1.29 is 14.3 Å². The van der Waals surface area contributed by atoms with Crippen LogP contribution in [0.3, 0.4) is 0 Å². The minimum absolute atomic E-state index is 0.0354. The van der Waals surface area contributed by atoms with Crippen LogP contribution in [-0.4, -0.2) is 58.7 Å². The maximum absolute atomic E-state index is 12.8. The lowest BCUT2D eigenvalue weighted by atomic mass is 10.2. The fourth-order valence-corrected chi connectivity index (χ4v) is 3.69. The van der Waals surface area contributed by atoms with Crippen LogP contribution in [0.15, 0.2) is 34.6 Å². The number of pyridine rings is 1. The van der Waals surface area contributed by atoms with E-state index in [1.807, 2.05) is 9.80 Å². The van der Waals surface area contributed by atoms with Gasteiger partial charge in [0.25, 0.3) is 5.91 Å². The monoisotopic (exact) mass is 412 g/mol. The van der Waals surface area contributed by atoms with Crippen molar-refractivity contribution in [2.75, 3.05) is 31.1 Å². The maximum Gasteiger partial charge on any atom is 0.270 e. The van der Waals surface area contributed by atoms with E-state index in [0.717, 1.165) is 31.6 Å². The van der Waals surface area contributed by atoms with Gasteiger partial charge < -0.3 is 19.5 Å². The molecule has 0 radical (unpaired) electrons. The summed E-state index contributed by atoms with van der Waals surface area (Å²) in [5.74, 6) is 1.24. The number of rotatable bonds is 5. The molecule has 1 saturated heterocycles. The Bertz CT molecular complexity index is 1050. The zero-order valence-electron chi connectivity index (χ0n) is 17.0. The topological polar surface area (TPSA) is 112 Å². The fraction of sp³-hybridized carbons (Fsp3) is 0.450. The van der Waals surface area contributed by atoms with Crippen LogP contribution in [0.5, 0.6) is 5.75 Å². The number of H-pyrrole nitrogens is 1. The van der Waals surface area contributed by atoms with Gasteiger partial charge in [-0.25, -0.2) is 4.99 Å². The molecule has 2 aromatic rings. The van der Waals surface area contributed by atoms with Crippen molar-refractivity contribution in [3.05, 3.63) is 40.5 Å². The summed E-state index contributed by atoms with van der Waals surface area (Å²) in [6, 6.07) is 5.22. The van der Waals surface area contributed by atoms with E-state index in [9.17, 15) is 14.5 Å².